The topological polar surface area (TPSA) is 76.0 Å². The Morgan fingerprint density at radius 1 is 1.58 bits per heavy atom. The van der Waals surface area contributed by atoms with Gasteiger partial charge in [0.25, 0.3) is 0 Å². The van der Waals surface area contributed by atoms with Gasteiger partial charge in [0.2, 0.25) is 5.91 Å². The fraction of sp³-hybridized carbons (Fsp3) is 0.615. The molecule has 1 N–H and O–H groups in total. The van der Waals surface area contributed by atoms with Gasteiger partial charge in [0, 0.05) is 32.0 Å². The van der Waals surface area contributed by atoms with Crippen molar-refractivity contribution in [3.63, 3.8) is 0 Å². The summed E-state index contributed by atoms with van der Waals surface area (Å²) in [5.74, 6) is 0.745. The van der Waals surface area contributed by atoms with E-state index in [9.17, 15) is 4.79 Å². The van der Waals surface area contributed by atoms with Crippen molar-refractivity contribution < 1.29 is 4.79 Å². The number of hydrogen-bond acceptors (Lipinski definition) is 4. The molecule has 0 radical (unpaired) electrons. The molecule has 1 aliphatic heterocycles. The largest absolute Gasteiger partial charge is 0.347 e. The standard InChI is InChI=1S/C13H19N5O/c1-13(2,9-14)12(19)18-7-6-17(3)10(8-18)11-15-4-5-16-11/h4-5,10H,6-8H2,1-3H3,(H,15,16)/t10-/m0/s1. The van der Waals surface area contributed by atoms with E-state index in [1.165, 1.54) is 0 Å². The number of imidazole rings is 1. The van der Waals surface area contributed by atoms with Gasteiger partial charge in [0.1, 0.15) is 11.2 Å². The maximum Gasteiger partial charge on any atom is 0.242 e. The van der Waals surface area contributed by atoms with Crippen LogP contribution in [0.2, 0.25) is 0 Å². The molecule has 0 bridgehead atoms. The fourth-order valence-electron chi connectivity index (χ4n) is 2.26. The Hall–Kier alpha value is -1.87. The van der Waals surface area contributed by atoms with Crippen LogP contribution in [-0.4, -0.2) is 52.4 Å². The number of carbonyl (C=O) groups excluding carboxylic acids is 1. The predicted molar refractivity (Wildman–Crippen MR) is 69.9 cm³/mol. The lowest BCUT2D eigenvalue weighted by Gasteiger charge is -2.40. The second kappa shape index (κ2) is 5.02. The summed E-state index contributed by atoms with van der Waals surface area (Å²) < 4.78 is 0. The summed E-state index contributed by atoms with van der Waals surface area (Å²) in [5, 5.41) is 9.07. The average molecular weight is 261 g/mol. The number of nitriles is 1. The van der Waals surface area contributed by atoms with Crippen LogP contribution in [0, 0.1) is 16.7 Å². The molecule has 6 nitrogen and oxygen atoms in total. The molecule has 1 aromatic rings. The number of nitrogens with zero attached hydrogens (tertiary/aromatic N) is 4. The van der Waals surface area contributed by atoms with Crippen molar-refractivity contribution in [3.05, 3.63) is 18.2 Å². The first kappa shape index (κ1) is 13.6. The highest BCUT2D eigenvalue weighted by Gasteiger charge is 2.36. The van der Waals surface area contributed by atoms with Crippen molar-refractivity contribution in [2.75, 3.05) is 26.7 Å². The van der Waals surface area contributed by atoms with Crippen LogP contribution >= 0.6 is 0 Å². The number of carbonyl (C=O) groups is 1. The summed E-state index contributed by atoms with van der Waals surface area (Å²) in [6.07, 6.45) is 3.49. The molecule has 1 fully saturated rings. The van der Waals surface area contributed by atoms with Crippen molar-refractivity contribution in [1.29, 1.82) is 5.26 Å². The van der Waals surface area contributed by atoms with Gasteiger partial charge in [-0.1, -0.05) is 0 Å². The zero-order valence-corrected chi connectivity index (χ0v) is 11.6. The first-order valence-electron chi connectivity index (χ1n) is 6.36. The van der Waals surface area contributed by atoms with Gasteiger partial charge in [-0.25, -0.2) is 4.98 Å². The Morgan fingerprint density at radius 2 is 2.32 bits per heavy atom. The van der Waals surface area contributed by atoms with Crippen LogP contribution < -0.4 is 0 Å². The molecule has 2 rings (SSSR count). The maximum absolute atomic E-state index is 12.3. The highest BCUT2D eigenvalue weighted by atomic mass is 16.2. The maximum atomic E-state index is 12.3. The molecule has 1 aliphatic rings. The zero-order valence-electron chi connectivity index (χ0n) is 11.6. The Morgan fingerprint density at radius 3 is 2.89 bits per heavy atom. The summed E-state index contributed by atoms with van der Waals surface area (Å²) in [7, 11) is 2.02. The molecule has 1 aromatic heterocycles. The lowest BCUT2D eigenvalue weighted by atomic mass is 9.93. The van der Waals surface area contributed by atoms with E-state index in [0.717, 1.165) is 12.4 Å². The highest BCUT2D eigenvalue weighted by Crippen LogP contribution is 2.25. The Bertz CT molecular complexity index is 488. The molecule has 0 unspecified atom stereocenters. The van der Waals surface area contributed by atoms with Crippen molar-refractivity contribution in [2.45, 2.75) is 19.9 Å². The van der Waals surface area contributed by atoms with Crippen molar-refractivity contribution in [1.82, 2.24) is 19.8 Å². The van der Waals surface area contributed by atoms with E-state index in [1.807, 2.05) is 7.05 Å². The number of aromatic amines is 1. The summed E-state index contributed by atoms with van der Waals surface area (Å²) in [6, 6.07) is 2.13. The molecule has 0 aliphatic carbocycles. The first-order valence-corrected chi connectivity index (χ1v) is 6.36. The highest BCUT2D eigenvalue weighted by molar-refractivity contribution is 5.84. The second-order valence-corrected chi connectivity index (χ2v) is 5.46. The van der Waals surface area contributed by atoms with E-state index in [1.54, 1.807) is 31.1 Å². The minimum atomic E-state index is -0.969. The SMILES string of the molecule is CN1CCN(C(=O)C(C)(C)C#N)C[C@H]1c1ncc[nH]1. The number of H-pyrrole nitrogens is 1. The third-order valence-electron chi connectivity index (χ3n) is 3.58. The third-order valence-corrected chi connectivity index (χ3v) is 3.58. The Labute approximate surface area is 113 Å². The Kier molecular flexibility index (Phi) is 3.58. The van der Waals surface area contributed by atoms with E-state index >= 15 is 0 Å². The Balaban J connectivity index is 2.14. The van der Waals surface area contributed by atoms with Crippen LogP contribution in [-0.2, 0) is 4.79 Å². The van der Waals surface area contributed by atoms with Gasteiger partial charge < -0.3 is 9.88 Å². The molecule has 6 heteroatoms. The van der Waals surface area contributed by atoms with E-state index in [2.05, 4.69) is 20.9 Å². The minimum absolute atomic E-state index is 0.0576. The lowest BCUT2D eigenvalue weighted by molar-refractivity contribution is -0.140. The summed E-state index contributed by atoms with van der Waals surface area (Å²) in [6.45, 7) is 5.31. The minimum Gasteiger partial charge on any atom is -0.347 e. The zero-order chi connectivity index (χ0) is 14.0. The van der Waals surface area contributed by atoms with Gasteiger partial charge in [-0.05, 0) is 20.9 Å². The van der Waals surface area contributed by atoms with Crippen LogP contribution in [0.1, 0.15) is 25.7 Å². The van der Waals surface area contributed by atoms with Crippen LogP contribution in [0.3, 0.4) is 0 Å². The first-order chi connectivity index (χ1) is 8.95. The molecule has 0 aromatic carbocycles. The third kappa shape index (κ3) is 2.61. The van der Waals surface area contributed by atoms with Crippen molar-refractivity contribution in [3.8, 4) is 6.07 Å². The molecular weight excluding hydrogens is 242 g/mol. The van der Waals surface area contributed by atoms with Crippen LogP contribution in [0.5, 0.6) is 0 Å². The number of likely N-dealkylation sites (N-methyl/N-ethyl adjacent to an activating group) is 1. The molecule has 1 atom stereocenters. The monoisotopic (exact) mass is 261 g/mol. The number of nitrogens with one attached hydrogen (secondary N) is 1. The summed E-state index contributed by atoms with van der Waals surface area (Å²) in [4.78, 5) is 23.6. The predicted octanol–water partition coefficient (Wildman–Crippen LogP) is 0.775. The lowest BCUT2D eigenvalue weighted by Crippen LogP contribution is -2.52. The van der Waals surface area contributed by atoms with Crippen LogP contribution in [0.15, 0.2) is 12.4 Å². The number of rotatable bonds is 2. The van der Waals surface area contributed by atoms with Crippen LogP contribution in [0.4, 0.5) is 0 Å². The summed E-state index contributed by atoms with van der Waals surface area (Å²) in [5.41, 5.74) is -0.969. The van der Waals surface area contributed by atoms with Crippen molar-refractivity contribution in [2.24, 2.45) is 5.41 Å². The van der Waals surface area contributed by atoms with Crippen molar-refractivity contribution >= 4 is 5.91 Å². The molecule has 1 amide bonds. The quantitative estimate of drug-likeness (QED) is 0.853. The van der Waals surface area contributed by atoms with Gasteiger partial charge in [-0.15, -0.1) is 0 Å². The van der Waals surface area contributed by atoms with E-state index in [4.69, 9.17) is 5.26 Å². The number of amides is 1. The molecular formula is C13H19N5O. The van der Waals surface area contributed by atoms with E-state index in [0.29, 0.717) is 13.1 Å². The van der Waals surface area contributed by atoms with Gasteiger partial charge in [0.05, 0.1) is 12.1 Å². The van der Waals surface area contributed by atoms with Gasteiger partial charge in [-0.3, -0.25) is 9.69 Å². The fourth-order valence-corrected chi connectivity index (χ4v) is 2.26. The number of piperazine rings is 1. The second-order valence-electron chi connectivity index (χ2n) is 5.46. The summed E-state index contributed by atoms with van der Waals surface area (Å²) >= 11 is 0. The normalized spacial score (nSPS) is 21.2. The smallest absolute Gasteiger partial charge is 0.242 e. The van der Waals surface area contributed by atoms with Gasteiger partial charge in [-0.2, -0.15) is 5.26 Å². The van der Waals surface area contributed by atoms with E-state index < -0.39 is 5.41 Å². The number of aromatic nitrogens is 2. The molecule has 102 valence electrons. The number of hydrogen-bond donors (Lipinski definition) is 1. The molecule has 1 saturated heterocycles. The van der Waals surface area contributed by atoms with Crippen LogP contribution in [0.25, 0.3) is 0 Å². The average Bonchev–Trinajstić information content (AvgIpc) is 2.92. The molecule has 2 heterocycles. The molecule has 0 spiro atoms. The van der Waals surface area contributed by atoms with E-state index in [-0.39, 0.29) is 11.9 Å². The van der Waals surface area contributed by atoms with Gasteiger partial charge in [0.15, 0.2) is 0 Å². The molecule has 0 saturated carbocycles. The van der Waals surface area contributed by atoms with Gasteiger partial charge >= 0.3 is 0 Å². The molecule has 19 heavy (non-hydrogen) atoms.